The molecule has 6 nitrogen and oxygen atoms in total. The van der Waals surface area contributed by atoms with Crippen LogP contribution >= 0.6 is 0 Å². The number of hydrogen-bond acceptors (Lipinski definition) is 6. The van der Waals surface area contributed by atoms with Crippen LogP contribution in [0, 0.1) is 0 Å². The van der Waals surface area contributed by atoms with Gasteiger partial charge >= 0.3 is 5.97 Å². The Bertz CT molecular complexity index is 946. The summed E-state index contributed by atoms with van der Waals surface area (Å²) in [7, 11) is 1.64. The van der Waals surface area contributed by atoms with Crippen LogP contribution in [-0.4, -0.2) is 32.1 Å². The zero-order valence-electron chi connectivity index (χ0n) is 16.7. The summed E-state index contributed by atoms with van der Waals surface area (Å²) in [6.07, 6.45) is 2.11. The number of fused-ring (bicyclic) bond motifs is 4. The normalized spacial score (nSPS) is 18.6. The first-order chi connectivity index (χ1) is 14.0. The van der Waals surface area contributed by atoms with Gasteiger partial charge in [0.05, 0.1) is 12.5 Å². The highest BCUT2D eigenvalue weighted by Gasteiger charge is 2.49. The number of ketones is 1. The van der Waals surface area contributed by atoms with Gasteiger partial charge in [0.15, 0.2) is 0 Å². The molecule has 1 spiro atoms. The zero-order chi connectivity index (χ0) is 20.4. The SMILES string of the molecule is COc1ccc2c(c1)C1(CO2)COc2ccc(OC(=O)CCCCC(C)=O)cc21. The molecule has 2 aliphatic rings. The number of methoxy groups -OCH3 is 1. The second kappa shape index (κ2) is 7.78. The van der Waals surface area contributed by atoms with Gasteiger partial charge in [0.1, 0.15) is 42.0 Å². The van der Waals surface area contributed by atoms with Crippen LogP contribution < -0.4 is 18.9 Å². The highest BCUT2D eigenvalue weighted by atomic mass is 16.5. The molecule has 0 N–H and O–H groups in total. The van der Waals surface area contributed by atoms with E-state index in [1.807, 2.05) is 30.3 Å². The maximum Gasteiger partial charge on any atom is 0.311 e. The van der Waals surface area contributed by atoms with Crippen molar-refractivity contribution < 1.29 is 28.5 Å². The van der Waals surface area contributed by atoms with Crippen molar-refractivity contribution in [3.8, 4) is 23.0 Å². The molecule has 2 aromatic carbocycles. The van der Waals surface area contributed by atoms with E-state index in [0.717, 1.165) is 28.4 Å². The smallest absolute Gasteiger partial charge is 0.311 e. The third kappa shape index (κ3) is 3.67. The van der Waals surface area contributed by atoms with Crippen molar-refractivity contribution in [2.75, 3.05) is 20.3 Å². The number of hydrogen-bond donors (Lipinski definition) is 0. The van der Waals surface area contributed by atoms with E-state index in [2.05, 4.69) is 0 Å². The van der Waals surface area contributed by atoms with E-state index >= 15 is 0 Å². The van der Waals surface area contributed by atoms with Gasteiger partial charge in [-0.1, -0.05) is 0 Å². The Hall–Kier alpha value is -3.02. The molecule has 0 saturated heterocycles. The van der Waals surface area contributed by atoms with E-state index < -0.39 is 5.41 Å². The van der Waals surface area contributed by atoms with E-state index in [4.69, 9.17) is 18.9 Å². The number of carbonyl (C=O) groups is 2. The number of ether oxygens (including phenoxy) is 4. The molecule has 6 heteroatoms. The van der Waals surface area contributed by atoms with Gasteiger partial charge in [-0.25, -0.2) is 0 Å². The van der Waals surface area contributed by atoms with Crippen molar-refractivity contribution >= 4 is 11.8 Å². The second-order valence-electron chi connectivity index (χ2n) is 7.56. The predicted octanol–water partition coefficient (Wildman–Crippen LogP) is 3.82. The zero-order valence-corrected chi connectivity index (χ0v) is 16.7. The van der Waals surface area contributed by atoms with Crippen molar-refractivity contribution in [3.63, 3.8) is 0 Å². The van der Waals surface area contributed by atoms with Crippen LogP contribution in [0.1, 0.15) is 43.7 Å². The lowest BCUT2D eigenvalue weighted by Gasteiger charge is -2.21. The summed E-state index contributed by atoms with van der Waals surface area (Å²) in [6.45, 7) is 2.48. The average molecular weight is 396 g/mol. The largest absolute Gasteiger partial charge is 0.497 e. The fraction of sp³-hybridized carbons (Fsp3) is 0.391. The molecule has 2 aromatic rings. The predicted molar refractivity (Wildman–Crippen MR) is 106 cm³/mol. The quantitative estimate of drug-likeness (QED) is 0.403. The van der Waals surface area contributed by atoms with Crippen molar-refractivity contribution in [2.24, 2.45) is 0 Å². The van der Waals surface area contributed by atoms with Gasteiger partial charge in [-0.05, 0) is 56.2 Å². The average Bonchev–Trinajstić information content (AvgIpc) is 3.27. The molecular weight excluding hydrogens is 372 g/mol. The van der Waals surface area contributed by atoms with Crippen LogP contribution in [0.3, 0.4) is 0 Å². The Labute approximate surface area is 169 Å². The molecular formula is C23H24O6. The number of carbonyl (C=O) groups excluding carboxylic acids is 2. The summed E-state index contributed by atoms with van der Waals surface area (Å²) in [6, 6.07) is 11.2. The molecule has 0 bridgehead atoms. The lowest BCUT2D eigenvalue weighted by atomic mass is 9.78. The Morgan fingerprint density at radius 1 is 0.931 bits per heavy atom. The molecule has 0 fully saturated rings. The number of rotatable bonds is 7. The fourth-order valence-electron chi connectivity index (χ4n) is 3.93. The fourth-order valence-corrected chi connectivity index (χ4v) is 3.93. The van der Waals surface area contributed by atoms with E-state index in [1.54, 1.807) is 20.1 Å². The van der Waals surface area contributed by atoms with E-state index in [1.165, 1.54) is 0 Å². The molecule has 0 saturated carbocycles. The number of benzene rings is 2. The van der Waals surface area contributed by atoms with Crippen LogP contribution in [0.25, 0.3) is 0 Å². The molecule has 0 aromatic heterocycles. The minimum absolute atomic E-state index is 0.137. The summed E-state index contributed by atoms with van der Waals surface area (Å²) in [5.74, 6) is 2.67. The van der Waals surface area contributed by atoms with E-state index in [0.29, 0.717) is 38.2 Å². The summed E-state index contributed by atoms with van der Waals surface area (Å²) in [4.78, 5) is 23.2. The van der Waals surface area contributed by atoms with Crippen LogP contribution in [0.5, 0.6) is 23.0 Å². The first kappa shape index (κ1) is 19.3. The Balaban J connectivity index is 1.53. The van der Waals surface area contributed by atoms with Gasteiger partial charge in [0.25, 0.3) is 0 Å². The summed E-state index contributed by atoms with van der Waals surface area (Å²) in [5, 5.41) is 0. The van der Waals surface area contributed by atoms with Crippen molar-refractivity contribution in [3.05, 3.63) is 47.5 Å². The Morgan fingerprint density at radius 2 is 1.52 bits per heavy atom. The molecule has 152 valence electrons. The molecule has 4 rings (SSSR count). The Kier molecular flexibility index (Phi) is 5.18. The maximum absolute atomic E-state index is 12.2. The summed E-state index contributed by atoms with van der Waals surface area (Å²) >= 11 is 0. The molecule has 0 radical (unpaired) electrons. The lowest BCUT2D eigenvalue weighted by molar-refractivity contribution is -0.134. The van der Waals surface area contributed by atoms with Crippen molar-refractivity contribution in [1.82, 2.24) is 0 Å². The van der Waals surface area contributed by atoms with Gasteiger partial charge < -0.3 is 23.7 Å². The molecule has 0 aliphatic carbocycles. The van der Waals surface area contributed by atoms with E-state index in [9.17, 15) is 9.59 Å². The first-order valence-corrected chi connectivity index (χ1v) is 9.80. The molecule has 2 aliphatic heterocycles. The van der Waals surface area contributed by atoms with Gasteiger partial charge in [-0.2, -0.15) is 0 Å². The summed E-state index contributed by atoms with van der Waals surface area (Å²) < 4.78 is 22.8. The molecule has 29 heavy (non-hydrogen) atoms. The second-order valence-corrected chi connectivity index (χ2v) is 7.56. The van der Waals surface area contributed by atoms with Crippen LogP contribution in [0.4, 0.5) is 0 Å². The number of Topliss-reactive ketones (excluding diaryl/α,β-unsaturated/α-hetero) is 1. The number of esters is 1. The minimum atomic E-state index is -0.441. The monoisotopic (exact) mass is 396 g/mol. The van der Waals surface area contributed by atoms with E-state index in [-0.39, 0.29) is 18.2 Å². The minimum Gasteiger partial charge on any atom is -0.497 e. The molecule has 1 atom stereocenters. The van der Waals surface area contributed by atoms with Gasteiger partial charge in [0.2, 0.25) is 0 Å². The van der Waals surface area contributed by atoms with Gasteiger partial charge in [-0.3, -0.25) is 4.79 Å². The third-order valence-electron chi connectivity index (χ3n) is 5.51. The molecule has 0 amide bonds. The molecule has 2 heterocycles. The number of unbranched alkanes of at least 4 members (excludes halogenated alkanes) is 1. The maximum atomic E-state index is 12.2. The topological polar surface area (TPSA) is 71.1 Å². The first-order valence-electron chi connectivity index (χ1n) is 9.80. The van der Waals surface area contributed by atoms with Crippen molar-refractivity contribution in [1.29, 1.82) is 0 Å². The van der Waals surface area contributed by atoms with Gasteiger partial charge in [-0.15, -0.1) is 0 Å². The highest BCUT2D eigenvalue weighted by Crippen LogP contribution is 2.51. The van der Waals surface area contributed by atoms with Crippen LogP contribution in [-0.2, 0) is 15.0 Å². The standard InChI is InChI=1S/C23H24O6/c1-15(24)5-3-4-6-22(25)29-17-8-10-21-19(12-17)23(14-28-21)13-27-20-9-7-16(26-2)11-18(20)23/h7-12H,3-6,13-14H2,1-2H3. The van der Waals surface area contributed by atoms with Gasteiger partial charge in [0, 0.05) is 24.0 Å². The van der Waals surface area contributed by atoms with Crippen LogP contribution in [0.2, 0.25) is 0 Å². The Morgan fingerprint density at radius 3 is 2.14 bits per heavy atom. The summed E-state index contributed by atoms with van der Waals surface area (Å²) in [5.41, 5.74) is 1.53. The lowest BCUT2D eigenvalue weighted by Crippen LogP contribution is -2.31. The van der Waals surface area contributed by atoms with Crippen molar-refractivity contribution in [2.45, 2.75) is 38.0 Å². The van der Waals surface area contributed by atoms with Crippen LogP contribution in [0.15, 0.2) is 36.4 Å². The third-order valence-corrected chi connectivity index (χ3v) is 5.51. The molecule has 1 unspecified atom stereocenters. The highest BCUT2D eigenvalue weighted by molar-refractivity contribution is 5.75.